The number of aryl methyl sites for hydroxylation is 1. The van der Waals surface area contributed by atoms with Gasteiger partial charge < -0.3 is 35.0 Å². The van der Waals surface area contributed by atoms with Gasteiger partial charge in [0.25, 0.3) is 0 Å². The highest BCUT2D eigenvalue weighted by Gasteiger charge is 2.45. The predicted octanol–water partition coefficient (Wildman–Crippen LogP) is 2.66. The van der Waals surface area contributed by atoms with E-state index in [2.05, 4.69) is 0 Å². The maximum absolute atomic E-state index is 13.3. The molecule has 0 amide bonds. The van der Waals surface area contributed by atoms with Gasteiger partial charge in [0, 0.05) is 6.42 Å². The molecule has 0 aliphatic carbocycles. The number of hydrogen-bond acceptors (Lipinski definition) is 8. The SMILES string of the molecule is CC(C)c1cc(O)c(C(=O)CCc2ccc3ccccc3c2)c(O[C@@H]2O[C@H](CO)[C@@H](O)[C@H](O)[C@H]2O)c1. The molecule has 5 atom stereocenters. The van der Waals surface area contributed by atoms with Gasteiger partial charge in [0.2, 0.25) is 6.29 Å². The van der Waals surface area contributed by atoms with Crippen molar-refractivity contribution in [2.45, 2.75) is 63.3 Å². The summed E-state index contributed by atoms with van der Waals surface area (Å²) in [6, 6.07) is 17.0. The summed E-state index contributed by atoms with van der Waals surface area (Å²) in [5, 5.41) is 53.0. The third-order valence-corrected chi connectivity index (χ3v) is 6.60. The van der Waals surface area contributed by atoms with Crippen LogP contribution in [-0.2, 0) is 11.2 Å². The highest BCUT2D eigenvalue weighted by Crippen LogP contribution is 2.36. The second-order valence-electron chi connectivity index (χ2n) is 9.49. The Kier molecular flexibility index (Phi) is 7.92. The van der Waals surface area contributed by atoms with E-state index in [-0.39, 0.29) is 35.2 Å². The number of carbonyl (C=O) groups excluding carboxylic acids is 1. The Bertz CT molecular complexity index is 1220. The summed E-state index contributed by atoms with van der Waals surface area (Å²) in [7, 11) is 0. The maximum atomic E-state index is 13.3. The second-order valence-corrected chi connectivity index (χ2v) is 9.49. The zero-order chi connectivity index (χ0) is 26.0. The summed E-state index contributed by atoms with van der Waals surface area (Å²) in [6.07, 6.45) is -6.92. The van der Waals surface area contributed by atoms with Crippen molar-refractivity contribution < 1.29 is 39.8 Å². The smallest absolute Gasteiger partial charge is 0.229 e. The summed E-state index contributed by atoms with van der Waals surface area (Å²) in [6.45, 7) is 3.21. The van der Waals surface area contributed by atoms with Crippen molar-refractivity contribution in [1.29, 1.82) is 0 Å². The van der Waals surface area contributed by atoms with E-state index in [9.17, 15) is 30.3 Å². The normalized spacial score (nSPS) is 24.2. The van der Waals surface area contributed by atoms with Crippen molar-refractivity contribution in [2.24, 2.45) is 0 Å². The molecule has 1 heterocycles. The Hall–Kier alpha value is -3.01. The number of phenolic OH excluding ortho intramolecular Hbond substituents is 1. The first-order chi connectivity index (χ1) is 17.2. The molecule has 0 bridgehead atoms. The Morgan fingerprint density at radius 3 is 2.39 bits per heavy atom. The first-order valence-corrected chi connectivity index (χ1v) is 12.0. The van der Waals surface area contributed by atoms with Crippen LogP contribution >= 0.6 is 0 Å². The van der Waals surface area contributed by atoms with Crippen LogP contribution in [0, 0.1) is 0 Å². The van der Waals surface area contributed by atoms with Crippen LogP contribution < -0.4 is 4.74 Å². The molecule has 5 N–H and O–H groups in total. The molecule has 3 aromatic rings. The molecule has 3 aromatic carbocycles. The van der Waals surface area contributed by atoms with E-state index in [1.54, 1.807) is 6.07 Å². The lowest BCUT2D eigenvalue weighted by atomic mass is 9.95. The number of hydrogen-bond donors (Lipinski definition) is 5. The van der Waals surface area contributed by atoms with E-state index in [4.69, 9.17) is 9.47 Å². The van der Waals surface area contributed by atoms with Crippen LogP contribution in [0.15, 0.2) is 54.6 Å². The molecule has 8 heteroatoms. The molecule has 0 saturated carbocycles. The molecule has 1 saturated heterocycles. The number of rotatable bonds is 8. The van der Waals surface area contributed by atoms with Gasteiger partial charge in [-0.25, -0.2) is 0 Å². The number of benzene rings is 3. The molecular weight excluding hydrogens is 464 g/mol. The first kappa shape index (κ1) is 26.1. The fourth-order valence-electron chi connectivity index (χ4n) is 4.40. The van der Waals surface area contributed by atoms with Crippen LogP contribution in [-0.4, -0.2) is 68.6 Å². The fraction of sp³-hybridized carbons (Fsp3) is 0.393. The lowest BCUT2D eigenvalue weighted by molar-refractivity contribution is -0.277. The Morgan fingerprint density at radius 2 is 1.69 bits per heavy atom. The third kappa shape index (κ3) is 5.38. The van der Waals surface area contributed by atoms with E-state index in [0.29, 0.717) is 12.0 Å². The van der Waals surface area contributed by atoms with Crippen LogP contribution in [0.2, 0.25) is 0 Å². The predicted molar refractivity (Wildman–Crippen MR) is 133 cm³/mol. The van der Waals surface area contributed by atoms with Crippen LogP contribution in [0.3, 0.4) is 0 Å². The summed E-state index contributed by atoms with van der Waals surface area (Å²) in [5.74, 6) is -0.638. The van der Waals surface area contributed by atoms with Crippen molar-refractivity contribution in [1.82, 2.24) is 0 Å². The minimum absolute atomic E-state index is 0.00481. The zero-order valence-electron chi connectivity index (χ0n) is 20.2. The quantitative estimate of drug-likeness (QED) is 0.300. The Labute approximate surface area is 209 Å². The fourth-order valence-corrected chi connectivity index (χ4v) is 4.40. The van der Waals surface area contributed by atoms with E-state index in [1.807, 2.05) is 56.3 Å². The van der Waals surface area contributed by atoms with Crippen molar-refractivity contribution in [3.63, 3.8) is 0 Å². The number of Topliss-reactive ketones (excluding diaryl/α,β-unsaturated/α-hetero) is 1. The Morgan fingerprint density at radius 1 is 0.972 bits per heavy atom. The standard InChI is InChI=1S/C28H32O8/c1-15(2)19-12-21(31)24(20(30)10-8-16-7-9-17-5-3-4-6-18(17)11-16)22(13-19)35-28-27(34)26(33)25(32)23(14-29)36-28/h3-7,9,11-13,15,23,25-29,31-34H,8,10,14H2,1-2H3/t23-,25-,26+,27-,28-/m1/s1. The first-order valence-electron chi connectivity index (χ1n) is 12.0. The van der Waals surface area contributed by atoms with Crippen LogP contribution in [0.4, 0.5) is 0 Å². The molecule has 1 fully saturated rings. The number of phenols is 1. The largest absolute Gasteiger partial charge is 0.507 e. The molecule has 0 aromatic heterocycles. The van der Waals surface area contributed by atoms with E-state index >= 15 is 0 Å². The van der Waals surface area contributed by atoms with Crippen LogP contribution in [0.5, 0.6) is 11.5 Å². The third-order valence-electron chi connectivity index (χ3n) is 6.60. The van der Waals surface area contributed by atoms with Crippen LogP contribution in [0.1, 0.15) is 47.7 Å². The molecule has 4 rings (SSSR count). The van der Waals surface area contributed by atoms with Crippen molar-refractivity contribution >= 4 is 16.6 Å². The average Bonchev–Trinajstić information content (AvgIpc) is 2.87. The number of aliphatic hydroxyl groups excluding tert-OH is 4. The van der Waals surface area contributed by atoms with E-state index in [1.165, 1.54) is 6.07 Å². The molecule has 1 aliphatic heterocycles. The molecule has 8 nitrogen and oxygen atoms in total. The van der Waals surface area contributed by atoms with Gasteiger partial charge in [0.1, 0.15) is 41.5 Å². The molecule has 0 radical (unpaired) electrons. The number of aromatic hydroxyl groups is 1. The average molecular weight is 497 g/mol. The molecule has 0 unspecified atom stereocenters. The molecule has 36 heavy (non-hydrogen) atoms. The van der Waals surface area contributed by atoms with Gasteiger partial charge in [-0.2, -0.15) is 0 Å². The number of aliphatic hydroxyl groups is 4. The Balaban J connectivity index is 1.60. The molecule has 192 valence electrons. The minimum atomic E-state index is -1.65. The van der Waals surface area contributed by atoms with Crippen molar-refractivity contribution in [2.75, 3.05) is 6.61 Å². The number of ether oxygens (including phenoxy) is 2. The molecular formula is C28H32O8. The maximum Gasteiger partial charge on any atom is 0.229 e. The lowest BCUT2D eigenvalue weighted by Crippen LogP contribution is -2.60. The highest BCUT2D eigenvalue weighted by atomic mass is 16.7. The van der Waals surface area contributed by atoms with Crippen molar-refractivity contribution in [3.8, 4) is 11.5 Å². The number of ketones is 1. The highest BCUT2D eigenvalue weighted by molar-refractivity contribution is 6.01. The van der Waals surface area contributed by atoms with Gasteiger partial charge in [0.05, 0.1) is 6.61 Å². The van der Waals surface area contributed by atoms with Crippen LogP contribution in [0.25, 0.3) is 10.8 Å². The molecule has 1 aliphatic rings. The zero-order valence-corrected chi connectivity index (χ0v) is 20.2. The van der Waals surface area contributed by atoms with Crippen molar-refractivity contribution in [3.05, 3.63) is 71.3 Å². The van der Waals surface area contributed by atoms with Gasteiger partial charge in [0.15, 0.2) is 5.78 Å². The summed E-state index contributed by atoms with van der Waals surface area (Å²) >= 11 is 0. The van der Waals surface area contributed by atoms with E-state index < -0.39 is 37.3 Å². The van der Waals surface area contributed by atoms with Gasteiger partial charge >= 0.3 is 0 Å². The number of fused-ring (bicyclic) bond motifs is 1. The van der Waals surface area contributed by atoms with Gasteiger partial charge in [-0.15, -0.1) is 0 Å². The summed E-state index contributed by atoms with van der Waals surface area (Å²) < 4.78 is 11.3. The molecule has 0 spiro atoms. The topological polar surface area (TPSA) is 137 Å². The summed E-state index contributed by atoms with van der Waals surface area (Å²) in [5.41, 5.74) is 1.60. The van der Waals surface area contributed by atoms with Gasteiger partial charge in [-0.3, -0.25) is 4.79 Å². The van der Waals surface area contributed by atoms with E-state index in [0.717, 1.165) is 16.3 Å². The van der Waals surface area contributed by atoms with Gasteiger partial charge in [-0.1, -0.05) is 56.3 Å². The monoisotopic (exact) mass is 496 g/mol. The van der Waals surface area contributed by atoms with Gasteiger partial charge in [-0.05, 0) is 46.4 Å². The second kappa shape index (κ2) is 10.9. The lowest BCUT2D eigenvalue weighted by Gasteiger charge is -2.39. The number of carbonyl (C=O) groups is 1. The summed E-state index contributed by atoms with van der Waals surface area (Å²) in [4.78, 5) is 13.3. The minimum Gasteiger partial charge on any atom is -0.507 e.